The normalized spacial score (nSPS) is 32.6. The number of nitrogens with two attached hydrogens (primary N) is 1. The fourth-order valence-corrected chi connectivity index (χ4v) is 4.00. The van der Waals surface area contributed by atoms with Crippen LogP contribution in [0.2, 0.25) is 0 Å². The number of ether oxygens (including phenoxy) is 1. The van der Waals surface area contributed by atoms with E-state index in [0.717, 1.165) is 25.7 Å². The third-order valence-corrected chi connectivity index (χ3v) is 5.05. The molecule has 1 amide bonds. The van der Waals surface area contributed by atoms with Crippen LogP contribution < -0.4 is 11.1 Å². The SMILES string of the molecule is CNC(COC1CC(C)CC(C)(C)C1)(C(N)=O)C1CC1. The van der Waals surface area contributed by atoms with Crippen molar-refractivity contribution in [3.05, 3.63) is 0 Å². The van der Waals surface area contributed by atoms with Gasteiger partial charge in [-0.1, -0.05) is 20.8 Å². The van der Waals surface area contributed by atoms with Crippen LogP contribution >= 0.6 is 0 Å². The second-order valence-corrected chi connectivity index (χ2v) is 7.71. The molecule has 0 aromatic rings. The van der Waals surface area contributed by atoms with Crippen LogP contribution in [0.15, 0.2) is 0 Å². The van der Waals surface area contributed by atoms with Crippen molar-refractivity contribution in [1.82, 2.24) is 5.32 Å². The molecule has 2 saturated carbocycles. The van der Waals surface area contributed by atoms with Gasteiger partial charge >= 0.3 is 0 Å². The number of nitrogens with one attached hydrogen (secondary N) is 1. The van der Waals surface area contributed by atoms with Crippen LogP contribution in [0.4, 0.5) is 0 Å². The number of likely N-dealkylation sites (N-methyl/N-ethyl adjacent to an activating group) is 1. The van der Waals surface area contributed by atoms with E-state index in [1.54, 1.807) is 0 Å². The molecule has 2 aliphatic rings. The first kappa shape index (κ1) is 15.8. The predicted molar refractivity (Wildman–Crippen MR) is 80.2 cm³/mol. The average Bonchev–Trinajstić information content (AvgIpc) is 3.12. The van der Waals surface area contributed by atoms with E-state index in [1.807, 2.05) is 7.05 Å². The summed E-state index contributed by atoms with van der Waals surface area (Å²) in [7, 11) is 1.82. The van der Waals surface area contributed by atoms with Crippen LogP contribution in [0, 0.1) is 17.3 Å². The van der Waals surface area contributed by atoms with Gasteiger partial charge in [-0.2, -0.15) is 0 Å². The Labute approximate surface area is 122 Å². The van der Waals surface area contributed by atoms with Crippen molar-refractivity contribution >= 4 is 5.91 Å². The Bertz CT molecular complexity index is 365. The van der Waals surface area contributed by atoms with Gasteiger partial charge in [0.05, 0.1) is 12.7 Å². The Balaban J connectivity index is 1.97. The highest BCUT2D eigenvalue weighted by Crippen LogP contribution is 2.42. The summed E-state index contributed by atoms with van der Waals surface area (Å²) in [5, 5.41) is 3.15. The molecule has 3 atom stereocenters. The lowest BCUT2D eigenvalue weighted by Crippen LogP contribution is -2.59. The Morgan fingerprint density at radius 2 is 2.05 bits per heavy atom. The molecule has 0 saturated heterocycles. The van der Waals surface area contributed by atoms with E-state index in [-0.39, 0.29) is 12.0 Å². The van der Waals surface area contributed by atoms with Gasteiger partial charge in [0.1, 0.15) is 5.54 Å². The van der Waals surface area contributed by atoms with Gasteiger partial charge in [-0.15, -0.1) is 0 Å². The molecule has 3 N–H and O–H groups in total. The first-order valence-corrected chi connectivity index (χ1v) is 7.89. The van der Waals surface area contributed by atoms with Crippen molar-refractivity contribution in [2.24, 2.45) is 23.0 Å². The lowest BCUT2D eigenvalue weighted by atomic mass is 9.71. The minimum atomic E-state index is -0.662. The van der Waals surface area contributed by atoms with Gasteiger partial charge in [-0.3, -0.25) is 4.79 Å². The summed E-state index contributed by atoms with van der Waals surface area (Å²) >= 11 is 0. The molecule has 0 heterocycles. The molecule has 0 bridgehead atoms. The van der Waals surface area contributed by atoms with Gasteiger partial charge in [-0.25, -0.2) is 0 Å². The van der Waals surface area contributed by atoms with Crippen molar-refractivity contribution in [3.63, 3.8) is 0 Å². The Morgan fingerprint density at radius 1 is 1.40 bits per heavy atom. The number of amides is 1. The number of primary amides is 1. The number of carbonyl (C=O) groups is 1. The Kier molecular flexibility index (Phi) is 4.45. The zero-order valence-electron chi connectivity index (χ0n) is 13.4. The maximum Gasteiger partial charge on any atom is 0.240 e. The van der Waals surface area contributed by atoms with Gasteiger partial charge in [0, 0.05) is 0 Å². The molecule has 0 aromatic heterocycles. The average molecular weight is 282 g/mol. The lowest BCUT2D eigenvalue weighted by Gasteiger charge is -2.40. The van der Waals surface area contributed by atoms with Crippen LogP contribution in [0.3, 0.4) is 0 Å². The molecule has 4 nitrogen and oxygen atoms in total. The van der Waals surface area contributed by atoms with Gasteiger partial charge < -0.3 is 15.8 Å². The molecule has 116 valence electrons. The van der Waals surface area contributed by atoms with Gasteiger partial charge in [0.2, 0.25) is 5.91 Å². The summed E-state index contributed by atoms with van der Waals surface area (Å²) in [5.74, 6) is 0.756. The number of hydrogen-bond acceptors (Lipinski definition) is 3. The van der Waals surface area contributed by atoms with E-state index in [0.29, 0.717) is 23.9 Å². The van der Waals surface area contributed by atoms with E-state index in [1.165, 1.54) is 6.42 Å². The summed E-state index contributed by atoms with van der Waals surface area (Å²) < 4.78 is 6.14. The number of rotatable bonds is 6. The van der Waals surface area contributed by atoms with E-state index < -0.39 is 5.54 Å². The summed E-state index contributed by atoms with van der Waals surface area (Å²) in [6, 6.07) is 0. The molecule has 2 aliphatic carbocycles. The summed E-state index contributed by atoms with van der Waals surface area (Å²) in [4.78, 5) is 11.9. The highest BCUT2D eigenvalue weighted by molar-refractivity contribution is 5.85. The lowest BCUT2D eigenvalue weighted by molar-refractivity contribution is -0.130. The molecule has 0 aliphatic heterocycles. The van der Waals surface area contributed by atoms with E-state index in [2.05, 4.69) is 26.1 Å². The fourth-order valence-electron chi connectivity index (χ4n) is 4.00. The molecule has 2 fully saturated rings. The monoisotopic (exact) mass is 282 g/mol. The topological polar surface area (TPSA) is 64.3 Å². The minimum Gasteiger partial charge on any atom is -0.376 e. The molecule has 0 aromatic carbocycles. The zero-order chi connectivity index (χ0) is 15.0. The summed E-state index contributed by atoms with van der Waals surface area (Å²) in [6.07, 6.45) is 5.80. The van der Waals surface area contributed by atoms with E-state index in [4.69, 9.17) is 10.5 Å². The van der Waals surface area contributed by atoms with E-state index in [9.17, 15) is 4.79 Å². The van der Waals surface area contributed by atoms with Crippen LogP contribution in [0.1, 0.15) is 52.9 Å². The predicted octanol–water partition coefficient (Wildman–Crippen LogP) is 2.07. The van der Waals surface area contributed by atoms with Crippen molar-refractivity contribution in [1.29, 1.82) is 0 Å². The fraction of sp³-hybridized carbons (Fsp3) is 0.938. The smallest absolute Gasteiger partial charge is 0.240 e. The quantitative estimate of drug-likeness (QED) is 0.784. The van der Waals surface area contributed by atoms with Crippen molar-refractivity contribution < 1.29 is 9.53 Å². The van der Waals surface area contributed by atoms with Crippen molar-refractivity contribution in [3.8, 4) is 0 Å². The molecular formula is C16H30N2O2. The van der Waals surface area contributed by atoms with Crippen LogP contribution in [-0.4, -0.2) is 31.2 Å². The van der Waals surface area contributed by atoms with Gasteiger partial charge in [-0.05, 0) is 56.4 Å². The number of carbonyl (C=O) groups excluding carboxylic acids is 1. The van der Waals surface area contributed by atoms with Crippen LogP contribution in [0.25, 0.3) is 0 Å². The summed E-state index contributed by atoms with van der Waals surface area (Å²) in [5.41, 5.74) is 5.31. The molecular weight excluding hydrogens is 252 g/mol. The standard InChI is InChI=1S/C16H30N2O2/c1-11-7-13(9-15(2,3)8-11)20-10-16(18-4,14(17)19)12-5-6-12/h11-13,18H,5-10H2,1-4H3,(H2,17,19). The Morgan fingerprint density at radius 3 is 2.50 bits per heavy atom. The van der Waals surface area contributed by atoms with Crippen LogP contribution in [0.5, 0.6) is 0 Å². The first-order chi connectivity index (χ1) is 9.29. The maximum atomic E-state index is 11.9. The van der Waals surface area contributed by atoms with E-state index >= 15 is 0 Å². The number of hydrogen-bond donors (Lipinski definition) is 2. The maximum absolute atomic E-state index is 11.9. The molecule has 2 rings (SSSR count). The first-order valence-electron chi connectivity index (χ1n) is 7.89. The highest BCUT2D eigenvalue weighted by Gasteiger charge is 2.49. The zero-order valence-corrected chi connectivity index (χ0v) is 13.4. The van der Waals surface area contributed by atoms with Crippen LogP contribution in [-0.2, 0) is 9.53 Å². The highest BCUT2D eigenvalue weighted by atomic mass is 16.5. The molecule has 4 heteroatoms. The van der Waals surface area contributed by atoms with Crippen molar-refractivity contribution in [2.45, 2.75) is 64.5 Å². The summed E-state index contributed by atoms with van der Waals surface area (Å²) in [6.45, 7) is 7.31. The second-order valence-electron chi connectivity index (χ2n) is 7.71. The van der Waals surface area contributed by atoms with Gasteiger partial charge in [0.25, 0.3) is 0 Å². The minimum absolute atomic E-state index is 0.250. The Hall–Kier alpha value is -0.610. The third-order valence-electron chi connectivity index (χ3n) is 5.05. The largest absolute Gasteiger partial charge is 0.376 e. The molecule has 0 radical (unpaired) electrons. The molecule has 20 heavy (non-hydrogen) atoms. The van der Waals surface area contributed by atoms with Crippen molar-refractivity contribution in [2.75, 3.05) is 13.7 Å². The molecule has 0 spiro atoms. The third kappa shape index (κ3) is 3.34. The second kappa shape index (κ2) is 5.64. The molecule has 3 unspecified atom stereocenters. The van der Waals surface area contributed by atoms with Gasteiger partial charge in [0.15, 0.2) is 0 Å².